The Balaban J connectivity index is 1.97. The number of hydrogen-bond acceptors (Lipinski definition) is 5. The van der Waals surface area contributed by atoms with Crippen LogP contribution < -0.4 is 10.6 Å². The predicted octanol–water partition coefficient (Wildman–Crippen LogP) is 4.56. The molecule has 1 aromatic carbocycles. The van der Waals surface area contributed by atoms with Gasteiger partial charge in [0.05, 0.1) is 28.6 Å². The molecule has 1 aliphatic carbocycles. The molecule has 140 valence electrons. The highest BCUT2D eigenvalue weighted by molar-refractivity contribution is 6.33. The van der Waals surface area contributed by atoms with Crippen molar-refractivity contribution in [2.75, 3.05) is 17.2 Å². The number of alkyl halides is 3. The fourth-order valence-corrected chi connectivity index (χ4v) is 2.69. The first-order chi connectivity index (χ1) is 12.3. The lowest BCUT2D eigenvalue weighted by molar-refractivity contribution is -0.136. The molecule has 9 heteroatoms. The molecule has 0 bridgehead atoms. The van der Waals surface area contributed by atoms with Gasteiger partial charge in [-0.05, 0) is 31.9 Å². The van der Waals surface area contributed by atoms with Gasteiger partial charge < -0.3 is 15.7 Å². The van der Waals surface area contributed by atoms with Crippen molar-refractivity contribution in [3.8, 4) is 0 Å². The van der Waals surface area contributed by atoms with Crippen molar-refractivity contribution in [1.82, 2.24) is 9.97 Å². The number of aliphatic hydroxyl groups excluding tert-OH is 1. The normalized spacial score (nSPS) is 15.6. The Labute approximate surface area is 153 Å². The third-order valence-corrected chi connectivity index (χ3v) is 4.28. The maximum Gasteiger partial charge on any atom is 0.418 e. The maximum atomic E-state index is 13.3. The quantitative estimate of drug-likeness (QED) is 0.678. The highest BCUT2D eigenvalue weighted by Gasteiger charge is 2.34. The van der Waals surface area contributed by atoms with Gasteiger partial charge in [0.2, 0.25) is 5.95 Å². The Kier molecular flexibility index (Phi) is 5.24. The Morgan fingerprint density at radius 1 is 1.31 bits per heavy atom. The van der Waals surface area contributed by atoms with Crippen molar-refractivity contribution in [3.05, 3.63) is 40.5 Å². The molecular weight excluding hydrogens is 369 g/mol. The molecule has 0 spiro atoms. The molecule has 1 atom stereocenters. The molecule has 1 saturated carbocycles. The number of anilines is 3. The van der Waals surface area contributed by atoms with E-state index in [1.165, 1.54) is 12.1 Å². The van der Waals surface area contributed by atoms with Crippen molar-refractivity contribution in [2.45, 2.75) is 37.9 Å². The highest BCUT2D eigenvalue weighted by atomic mass is 35.5. The molecule has 2 aromatic rings. The van der Waals surface area contributed by atoms with E-state index in [-0.39, 0.29) is 41.0 Å². The van der Waals surface area contributed by atoms with E-state index >= 15 is 0 Å². The second-order valence-electron chi connectivity index (χ2n) is 6.29. The summed E-state index contributed by atoms with van der Waals surface area (Å²) >= 11 is 5.99. The number of hydrogen-bond donors (Lipinski definition) is 3. The molecule has 1 heterocycles. The van der Waals surface area contributed by atoms with Crippen molar-refractivity contribution >= 4 is 29.1 Å². The van der Waals surface area contributed by atoms with E-state index in [1.807, 2.05) is 0 Å². The number of halogens is 4. The topological polar surface area (TPSA) is 70.1 Å². The number of para-hydroxylation sites is 1. The van der Waals surface area contributed by atoms with Crippen LogP contribution in [0.25, 0.3) is 0 Å². The number of benzene rings is 1. The zero-order chi connectivity index (χ0) is 18.9. The monoisotopic (exact) mass is 386 g/mol. The number of nitrogens with zero attached hydrogens (tertiary/aromatic N) is 2. The first-order valence-corrected chi connectivity index (χ1v) is 8.55. The zero-order valence-corrected chi connectivity index (χ0v) is 14.7. The summed E-state index contributed by atoms with van der Waals surface area (Å²) in [4.78, 5) is 8.61. The molecule has 5 nitrogen and oxygen atoms in total. The van der Waals surface area contributed by atoms with Crippen LogP contribution in [0.3, 0.4) is 0 Å². The van der Waals surface area contributed by atoms with E-state index in [1.54, 1.807) is 13.0 Å². The molecule has 0 amide bonds. The number of rotatable bonds is 6. The van der Waals surface area contributed by atoms with Gasteiger partial charge in [0.15, 0.2) is 0 Å². The summed E-state index contributed by atoms with van der Waals surface area (Å²) in [5.41, 5.74) is -0.367. The first-order valence-electron chi connectivity index (χ1n) is 8.17. The van der Waals surface area contributed by atoms with Gasteiger partial charge in [0, 0.05) is 18.0 Å². The van der Waals surface area contributed by atoms with E-state index in [9.17, 15) is 18.3 Å². The molecule has 1 aromatic heterocycles. The molecular formula is C17H18ClF3N4O. The molecule has 3 N–H and O–H groups in total. The number of nitrogens with one attached hydrogen (secondary N) is 2. The second kappa shape index (κ2) is 7.28. The van der Waals surface area contributed by atoms with Gasteiger partial charge in [-0.1, -0.05) is 17.7 Å². The Morgan fingerprint density at radius 3 is 2.65 bits per heavy atom. The SMILES string of the molecule is C[C@H](CO)Nc1nc(Nc2c(Cl)cccc2C(F)(F)F)cc(C2CC2)n1. The van der Waals surface area contributed by atoms with Crippen LogP contribution in [0.5, 0.6) is 0 Å². The standard InChI is InChI=1S/C17H18ClF3N4O/c1-9(8-26)22-16-23-13(10-5-6-10)7-14(25-16)24-15-11(17(19,20)21)3-2-4-12(15)18/h2-4,7,9-10,26H,5-6,8H2,1H3,(H2,22,23,24,25)/t9-/m1/s1. The van der Waals surface area contributed by atoms with Crippen molar-refractivity contribution in [3.63, 3.8) is 0 Å². The lowest BCUT2D eigenvalue weighted by Gasteiger charge is -2.17. The largest absolute Gasteiger partial charge is 0.418 e. The minimum absolute atomic E-state index is 0.0513. The van der Waals surface area contributed by atoms with Crippen LogP contribution in [0.2, 0.25) is 5.02 Å². The summed E-state index contributed by atoms with van der Waals surface area (Å²) in [5.74, 6) is 0.740. The van der Waals surface area contributed by atoms with Gasteiger partial charge in [0.1, 0.15) is 5.82 Å². The van der Waals surface area contributed by atoms with E-state index in [2.05, 4.69) is 20.6 Å². The van der Waals surface area contributed by atoms with Gasteiger partial charge >= 0.3 is 6.18 Å². The minimum atomic E-state index is -4.55. The summed E-state index contributed by atoms with van der Waals surface area (Å²) < 4.78 is 39.8. The fourth-order valence-electron chi connectivity index (χ4n) is 2.46. The molecule has 3 rings (SSSR count). The number of aliphatic hydroxyl groups is 1. The smallest absolute Gasteiger partial charge is 0.394 e. The van der Waals surface area contributed by atoms with Crippen molar-refractivity contribution in [2.24, 2.45) is 0 Å². The van der Waals surface area contributed by atoms with E-state index in [0.29, 0.717) is 0 Å². The molecule has 0 aliphatic heterocycles. The van der Waals surface area contributed by atoms with Crippen LogP contribution in [0, 0.1) is 0 Å². The van der Waals surface area contributed by atoms with Crippen LogP contribution in [-0.2, 0) is 6.18 Å². The summed E-state index contributed by atoms with van der Waals surface area (Å²) in [6.07, 6.45) is -2.59. The van der Waals surface area contributed by atoms with E-state index < -0.39 is 11.7 Å². The van der Waals surface area contributed by atoms with Gasteiger partial charge in [-0.25, -0.2) is 4.98 Å². The Hall–Kier alpha value is -2.06. The molecule has 1 fully saturated rings. The van der Waals surface area contributed by atoms with Crippen LogP contribution in [0.1, 0.15) is 36.9 Å². The van der Waals surface area contributed by atoms with Gasteiger partial charge in [-0.2, -0.15) is 18.2 Å². The average Bonchev–Trinajstić information content (AvgIpc) is 3.40. The Morgan fingerprint density at radius 2 is 2.04 bits per heavy atom. The number of aromatic nitrogens is 2. The van der Waals surface area contributed by atoms with Crippen molar-refractivity contribution < 1.29 is 18.3 Å². The van der Waals surface area contributed by atoms with Crippen LogP contribution in [-0.4, -0.2) is 27.7 Å². The van der Waals surface area contributed by atoms with Crippen LogP contribution in [0.4, 0.5) is 30.6 Å². The predicted molar refractivity (Wildman–Crippen MR) is 93.9 cm³/mol. The highest BCUT2D eigenvalue weighted by Crippen LogP contribution is 2.42. The third-order valence-electron chi connectivity index (χ3n) is 3.96. The van der Waals surface area contributed by atoms with Gasteiger partial charge in [0.25, 0.3) is 0 Å². The molecule has 0 unspecified atom stereocenters. The van der Waals surface area contributed by atoms with E-state index in [4.69, 9.17) is 11.6 Å². The zero-order valence-electron chi connectivity index (χ0n) is 13.9. The Bertz CT molecular complexity index is 796. The minimum Gasteiger partial charge on any atom is -0.394 e. The molecule has 1 aliphatic rings. The maximum absolute atomic E-state index is 13.3. The van der Waals surface area contributed by atoms with Crippen LogP contribution in [0.15, 0.2) is 24.3 Å². The third kappa shape index (κ3) is 4.37. The van der Waals surface area contributed by atoms with E-state index in [0.717, 1.165) is 24.6 Å². The first kappa shape index (κ1) is 18.7. The van der Waals surface area contributed by atoms with Gasteiger partial charge in [-0.15, -0.1) is 0 Å². The molecule has 0 saturated heterocycles. The average molecular weight is 387 g/mol. The summed E-state index contributed by atoms with van der Waals surface area (Å²) in [6, 6.07) is 4.94. The lowest BCUT2D eigenvalue weighted by atomic mass is 10.1. The lowest BCUT2D eigenvalue weighted by Crippen LogP contribution is -2.21. The fraction of sp³-hybridized carbons (Fsp3) is 0.412. The van der Waals surface area contributed by atoms with Crippen LogP contribution >= 0.6 is 11.6 Å². The summed E-state index contributed by atoms with van der Waals surface area (Å²) in [7, 11) is 0. The molecule has 0 radical (unpaired) electrons. The van der Waals surface area contributed by atoms with Gasteiger partial charge in [-0.3, -0.25) is 0 Å². The summed E-state index contributed by atoms with van der Waals surface area (Å²) in [6.45, 7) is 1.62. The molecule has 26 heavy (non-hydrogen) atoms. The summed E-state index contributed by atoms with van der Waals surface area (Å²) in [5, 5.41) is 14.8. The second-order valence-corrected chi connectivity index (χ2v) is 6.70. The van der Waals surface area contributed by atoms with Crippen molar-refractivity contribution in [1.29, 1.82) is 0 Å².